The van der Waals surface area contributed by atoms with Gasteiger partial charge >= 0.3 is 0 Å². The zero-order valence-corrected chi connectivity index (χ0v) is 14.2. The Bertz CT molecular complexity index is 451. The largest absolute Gasteiger partial charge is 0.338 e. The van der Waals surface area contributed by atoms with Gasteiger partial charge in [-0.1, -0.05) is 32.0 Å². The van der Waals surface area contributed by atoms with Crippen LogP contribution in [0.2, 0.25) is 0 Å². The molecule has 0 aliphatic carbocycles. The Morgan fingerprint density at radius 1 is 1.05 bits per heavy atom. The van der Waals surface area contributed by atoms with E-state index < -0.39 is 5.23 Å². The molecule has 2 nitrogen and oxygen atoms in total. The van der Waals surface area contributed by atoms with E-state index in [4.69, 9.17) is 1.37 Å². The molecule has 1 rings (SSSR count). The molecule has 1 aromatic rings. The zero-order chi connectivity index (χ0) is 16.2. The van der Waals surface area contributed by atoms with Crippen molar-refractivity contribution in [1.29, 1.82) is 0 Å². The minimum Gasteiger partial charge on any atom is -0.338 e. The molecule has 0 unspecified atom stereocenters. The molecule has 20 heavy (non-hydrogen) atoms. The average molecular weight is 294 g/mol. The molecule has 1 aromatic carbocycles. The number of carbonyl (C=O) groups is 1. The smallest absolute Gasteiger partial charge is 0.226 e. The van der Waals surface area contributed by atoms with Crippen molar-refractivity contribution in [2.24, 2.45) is 5.92 Å². The van der Waals surface area contributed by atoms with Crippen LogP contribution in [-0.2, 0) is 4.79 Å². The molecular formula is C17H27NOS. The number of hydrogen-bond acceptors (Lipinski definition) is 2. The highest BCUT2D eigenvalue weighted by molar-refractivity contribution is 8.00. The molecule has 0 N–H and O–H groups in total. The van der Waals surface area contributed by atoms with E-state index in [0.717, 1.165) is 4.90 Å². The van der Waals surface area contributed by atoms with Crippen molar-refractivity contribution >= 4 is 17.7 Å². The molecule has 0 saturated heterocycles. The van der Waals surface area contributed by atoms with Gasteiger partial charge in [-0.3, -0.25) is 4.79 Å². The average Bonchev–Trinajstić information content (AvgIpc) is 2.37. The molecule has 2 atom stereocenters. The molecule has 0 radical (unpaired) electrons. The normalized spacial score (nSPS) is 16.7. The van der Waals surface area contributed by atoms with E-state index in [0.29, 0.717) is 0 Å². The van der Waals surface area contributed by atoms with Crippen molar-refractivity contribution in [1.82, 2.24) is 4.90 Å². The Hall–Kier alpha value is -0.960. The van der Waals surface area contributed by atoms with E-state index in [1.807, 2.05) is 76.8 Å². The summed E-state index contributed by atoms with van der Waals surface area (Å²) in [6.07, 6.45) is 0. The van der Waals surface area contributed by atoms with Gasteiger partial charge in [-0.15, -0.1) is 11.8 Å². The third-order valence-electron chi connectivity index (χ3n) is 3.37. The fraction of sp³-hybridized carbons (Fsp3) is 0.588. The van der Waals surface area contributed by atoms with Gasteiger partial charge < -0.3 is 4.90 Å². The van der Waals surface area contributed by atoms with Crippen LogP contribution < -0.4 is 0 Å². The second kappa shape index (κ2) is 7.72. The van der Waals surface area contributed by atoms with Gasteiger partial charge in [0, 0.05) is 29.5 Å². The summed E-state index contributed by atoms with van der Waals surface area (Å²) in [7, 11) is 0. The predicted molar refractivity (Wildman–Crippen MR) is 88.0 cm³/mol. The molecule has 0 bridgehead atoms. The molecule has 0 aliphatic heterocycles. The van der Waals surface area contributed by atoms with Crippen LogP contribution in [0.3, 0.4) is 0 Å². The lowest BCUT2D eigenvalue weighted by atomic mass is 10.0. The van der Waals surface area contributed by atoms with Gasteiger partial charge in [0.15, 0.2) is 0 Å². The second-order valence-corrected chi connectivity index (χ2v) is 7.00. The Balaban J connectivity index is 2.89. The van der Waals surface area contributed by atoms with Crippen LogP contribution in [-0.4, -0.2) is 28.1 Å². The first-order valence-corrected chi connectivity index (χ1v) is 8.04. The van der Waals surface area contributed by atoms with E-state index in [-0.39, 0.29) is 23.9 Å². The standard InChI is InChI=1S/C17H27NOS/c1-12(2)18(13(3)4)17(19)14(5)15(6)20-16-10-8-7-9-11-16/h7-15H,1-6H3/t14-,15+/m1/s1/i15D. The molecule has 0 fully saturated rings. The number of hydrogen-bond donors (Lipinski definition) is 0. The van der Waals surface area contributed by atoms with Crippen LogP contribution in [0.5, 0.6) is 0 Å². The van der Waals surface area contributed by atoms with Gasteiger partial charge in [-0.2, -0.15) is 0 Å². The topological polar surface area (TPSA) is 20.3 Å². The van der Waals surface area contributed by atoms with Crippen molar-refractivity contribution in [2.45, 2.75) is 63.7 Å². The van der Waals surface area contributed by atoms with Crippen molar-refractivity contribution in [3.63, 3.8) is 0 Å². The maximum atomic E-state index is 12.8. The molecule has 0 heterocycles. The van der Waals surface area contributed by atoms with Crippen LogP contribution in [0.1, 0.15) is 42.9 Å². The lowest BCUT2D eigenvalue weighted by molar-refractivity contribution is -0.138. The summed E-state index contributed by atoms with van der Waals surface area (Å²) in [4.78, 5) is 15.7. The highest BCUT2D eigenvalue weighted by atomic mass is 32.2. The Morgan fingerprint density at radius 2 is 1.55 bits per heavy atom. The molecule has 0 aliphatic rings. The summed E-state index contributed by atoms with van der Waals surface area (Å²) in [6, 6.07) is 10.1. The second-order valence-electron chi connectivity index (χ2n) is 5.68. The van der Waals surface area contributed by atoms with Gasteiger partial charge in [0.25, 0.3) is 0 Å². The maximum absolute atomic E-state index is 12.8. The number of rotatable bonds is 6. The number of carbonyl (C=O) groups excluding carboxylic acids is 1. The minimum absolute atomic E-state index is 0.0564. The summed E-state index contributed by atoms with van der Waals surface area (Å²) < 4.78 is 8.59. The van der Waals surface area contributed by atoms with E-state index in [9.17, 15) is 4.79 Å². The summed E-state index contributed by atoms with van der Waals surface area (Å²) in [5.74, 6) is -0.312. The summed E-state index contributed by atoms with van der Waals surface area (Å²) in [6.45, 7) is 11.8. The van der Waals surface area contributed by atoms with Crippen molar-refractivity contribution in [3.05, 3.63) is 30.3 Å². The van der Waals surface area contributed by atoms with Gasteiger partial charge in [0.05, 0.1) is 0 Å². The van der Waals surface area contributed by atoms with Gasteiger partial charge in [0.1, 0.15) is 0 Å². The Kier molecular flexibility index (Phi) is 5.96. The Morgan fingerprint density at radius 3 is 2.00 bits per heavy atom. The third-order valence-corrected chi connectivity index (χ3v) is 4.55. The first-order chi connectivity index (χ1) is 9.66. The number of amides is 1. The summed E-state index contributed by atoms with van der Waals surface area (Å²) in [5, 5.41) is -0.888. The SMILES string of the molecule is [2H][C@@](C)(Sc1ccccc1)[C@@H](C)C(=O)N(C(C)C)C(C)C. The number of nitrogens with zero attached hydrogens (tertiary/aromatic N) is 1. The van der Waals surface area contributed by atoms with Crippen LogP contribution in [0.15, 0.2) is 35.2 Å². The summed E-state index contributed by atoms with van der Waals surface area (Å²) in [5.41, 5.74) is 0. The first-order valence-electron chi connectivity index (χ1n) is 7.73. The fourth-order valence-corrected chi connectivity index (χ4v) is 3.21. The summed E-state index contributed by atoms with van der Waals surface area (Å²) >= 11 is 1.44. The molecule has 0 aromatic heterocycles. The van der Waals surface area contributed by atoms with Crippen LogP contribution in [0.25, 0.3) is 0 Å². The monoisotopic (exact) mass is 294 g/mol. The molecule has 0 spiro atoms. The lowest BCUT2D eigenvalue weighted by Gasteiger charge is -2.34. The lowest BCUT2D eigenvalue weighted by Crippen LogP contribution is -2.46. The quantitative estimate of drug-likeness (QED) is 0.723. The minimum atomic E-state index is -0.888. The zero-order valence-electron chi connectivity index (χ0n) is 14.4. The fourth-order valence-electron chi connectivity index (χ4n) is 2.27. The molecule has 3 heteroatoms. The van der Waals surface area contributed by atoms with E-state index in [1.54, 1.807) is 0 Å². The van der Waals surface area contributed by atoms with Crippen LogP contribution >= 0.6 is 11.8 Å². The van der Waals surface area contributed by atoms with E-state index >= 15 is 0 Å². The van der Waals surface area contributed by atoms with Gasteiger partial charge in [-0.05, 0) is 39.8 Å². The van der Waals surface area contributed by atoms with Crippen molar-refractivity contribution < 1.29 is 6.17 Å². The highest BCUT2D eigenvalue weighted by Crippen LogP contribution is 2.29. The van der Waals surface area contributed by atoms with Crippen LogP contribution in [0.4, 0.5) is 0 Å². The first kappa shape index (κ1) is 15.4. The Labute approximate surface area is 129 Å². The van der Waals surface area contributed by atoms with E-state index in [1.165, 1.54) is 11.8 Å². The third kappa shape index (κ3) is 4.55. The molecule has 1 amide bonds. The highest BCUT2D eigenvalue weighted by Gasteiger charge is 2.28. The van der Waals surface area contributed by atoms with Crippen molar-refractivity contribution in [3.8, 4) is 0 Å². The number of benzene rings is 1. The van der Waals surface area contributed by atoms with Crippen molar-refractivity contribution in [2.75, 3.05) is 0 Å². The van der Waals surface area contributed by atoms with Gasteiger partial charge in [-0.25, -0.2) is 0 Å². The van der Waals surface area contributed by atoms with Gasteiger partial charge in [0.2, 0.25) is 5.91 Å². The molecule has 0 saturated carbocycles. The maximum Gasteiger partial charge on any atom is 0.226 e. The predicted octanol–water partition coefficient (Wildman–Crippen LogP) is 4.45. The molecule has 112 valence electrons. The van der Waals surface area contributed by atoms with Crippen LogP contribution in [0, 0.1) is 5.92 Å². The number of thioether (sulfide) groups is 1. The molecular weight excluding hydrogens is 266 g/mol. The van der Waals surface area contributed by atoms with E-state index in [2.05, 4.69) is 0 Å².